The number of rotatable bonds is 9. The lowest BCUT2D eigenvalue weighted by Gasteiger charge is -2.33. The fourth-order valence-corrected chi connectivity index (χ4v) is 6.42. The Balaban J connectivity index is 1.30. The van der Waals surface area contributed by atoms with Crippen LogP contribution < -0.4 is 15.4 Å². The molecule has 2 fully saturated rings. The molecule has 2 saturated heterocycles. The van der Waals surface area contributed by atoms with E-state index in [1.54, 1.807) is 44.1 Å². The summed E-state index contributed by atoms with van der Waals surface area (Å²) < 4.78 is 16.9. The number of hydrogen-bond acceptors (Lipinski definition) is 7. The van der Waals surface area contributed by atoms with E-state index in [0.29, 0.717) is 18.7 Å². The van der Waals surface area contributed by atoms with Crippen LogP contribution in [0.15, 0.2) is 77.3 Å². The number of likely N-dealkylation sites (tertiary alicyclic amines) is 1. The molecule has 3 amide bonds. The van der Waals surface area contributed by atoms with E-state index in [4.69, 9.17) is 14.0 Å². The second-order valence-electron chi connectivity index (χ2n) is 11.0. The number of nitrogens with zero attached hydrogens (tertiary/aromatic N) is 2. The van der Waals surface area contributed by atoms with E-state index in [1.165, 1.54) is 0 Å². The van der Waals surface area contributed by atoms with Gasteiger partial charge in [0.1, 0.15) is 23.2 Å². The molecule has 2 aromatic carbocycles. The van der Waals surface area contributed by atoms with Crippen LogP contribution in [0.3, 0.4) is 0 Å². The number of nitrogens with one attached hydrogen (secondary N) is 2. The van der Waals surface area contributed by atoms with E-state index in [1.807, 2.05) is 54.6 Å². The van der Waals surface area contributed by atoms with E-state index in [0.717, 1.165) is 16.9 Å². The lowest BCUT2D eigenvalue weighted by molar-refractivity contribution is -0.144. The average molecular weight is 557 g/mol. The molecule has 10 heteroatoms. The summed E-state index contributed by atoms with van der Waals surface area (Å²) in [5, 5.41) is 9.65. The highest BCUT2D eigenvalue weighted by atomic mass is 16.5. The Bertz CT molecular complexity index is 1500. The molecule has 6 rings (SSSR count). The fourth-order valence-electron chi connectivity index (χ4n) is 6.42. The molecule has 0 radical (unpaired) electrons. The van der Waals surface area contributed by atoms with Crippen LogP contribution >= 0.6 is 0 Å². The molecule has 1 aromatic heterocycles. The standard InChI is InChI=1S/C31H32N4O6/c1-19-17-23(34-40-19)33-27(36)24-25-29(38)35(16-13-20-9-11-22(39-3)12-10-20)26(31(25)15-14-30(24,2)41-31)28(37)32-18-21-7-5-4-6-8-21/h4-12,14-15,17,24-26H,13,16,18H2,1-3H3,(H,32,37)(H,33,34,36)/t24-,25-,26-,30+,31-/m1/s1. The largest absolute Gasteiger partial charge is 0.497 e. The summed E-state index contributed by atoms with van der Waals surface area (Å²) in [6.45, 7) is 4.08. The van der Waals surface area contributed by atoms with Crippen molar-refractivity contribution >= 4 is 23.5 Å². The summed E-state index contributed by atoms with van der Waals surface area (Å²) in [5.74, 6) is -1.24. The Labute approximate surface area is 237 Å². The van der Waals surface area contributed by atoms with Gasteiger partial charge in [-0.1, -0.05) is 59.8 Å². The highest BCUT2D eigenvalue weighted by Crippen LogP contribution is 2.59. The molecule has 3 aliphatic rings. The summed E-state index contributed by atoms with van der Waals surface area (Å²) in [4.78, 5) is 43.3. The zero-order valence-electron chi connectivity index (χ0n) is 23.1. The van der Waals surface area contributed by atoms with Crippen molar-refractivity contribution in [3.05, 3.63) is 89.7 Å². The molecule has 41 heavy (non-hydrogen) atoms. The third-order valence-electron chi connectivity index (χ3n) is 8.32. The quantitative estimate of drug-likeness (QED) is 0.389. The summed E-state index contributed by atoms with van der Waals surface area (Å²) >= 11 is 0. The van der Waals surface area contributed by atoms with Crippen molar-refractivity contribution in [3.8, 4) is 5.75 Å². The molecule has 1 spiro atoms. The van der Waals surface area contributed by atoms with Crippen LogP contribution in [0.5, 0.6) is 5.75 Å². The molecular weight excluding hydrogens is 524 g/mol. The number of fused-ring (bicyclic) bond motifs is 1. The number of benzene rings is 2. The third-order valence-corrected chi connectivity index (χ3v) is 8.32. The van der Waals surface area contributed by atoms with Crippen molar-refractivity contribution in [1.29, 1.82) is 0 Å². The number of aromatic nitrogens is 1. The number of methoxy groups -OCH3 is 1. The molecule has 3 aliphatic heterocycles. The maximum atomic E-state index is 14.2. The molecule has 10 nitrogen and oxygen atoms in total. The van der Waals surface area contributed by atoms with Gasteiger partial charge >= 0.3 is 0 Å². The van der Waals surface area contributed by atoms with Gasteiger partial charge in [-0.2, -0.15) is 0 Å². The first kappa shape index (κ1) is 26.8. The first-order chi connectivity index (χ1) is 19.7. The Hall–Kier alpha value is -4.44. The number of carbonyl (C=O) groups excluding carboxylic acids is 3. The molecule has 5 atom stereocenters. The number of ether oxygens (including phenoxy) is 2. The van der Waals surface area contributed by atoms with Gasteiger partial charge in [0.25, 0.3) is 0 Å². The van der Waals surface area contributed by atoms with Gasteiger partial charge in [0.2, 0.25) is 17.7 Å². The van der Waals surface area contributed by atoms with Gasteiger partial charge in [-0.3, -0.25) is 14.4 Å². The highest BCUT2D eigenvalue weighted by Gasteiger charge is 2.76. The first-order valence-electron chi connectivity index (χ1n) is 13.6. The maximum Gasteiger partial charge on any atom is 0.246 e. The van der Waals surface area contributed by atoms with Gasteiger partial charge < -0.3 is 29.5 Å². The monoisotopic (exact) mass is 556 g/mol. The SMILES string of the molecule is COc1ccc(CCN2C(=O)[C@H]3[C@H](C(=O)Nc4cc(C)on4)[C@]4(C)C=C[C@]3(O4)[C@H]2C(=O)NCc2ccccc2)cc1. The van der Waals surface area contributed by atoms with Crippen LogP contribution in [-0.4, -0.2) is 58.7 Å². The van der Waals surface area contributed by atoms with Crippen molar-refractivity contribution in [2.24, 2.45) is 11.8 Å². The van der Waals surface area contributed by atoms with Crippen LogP contribution in [0.1, 0.15) is 23.8 Å². The van der Waals surface area contributed by atoms with E-state index in [-0.39, 0.29) is 24.2 Å². The Kier molecular flexibility index (Phi) is 6.65. The van der Waals surface area contributed by atoms with Crippen LogP contribution in [0, 0.1) is 18.8 Å². The molecule has 0 aliphatic carbocycles. The molecule has 4 heterocycles. The number of carbonyl (C=O) groups is 3. The molecule has 2 bridgehead atoms. The predicted octanol–water partition coefficient (Wildman–Crippen LogP) is 3.03. The van der Waals surface area contributed by atoms with E-state index in [2.05, 4.69) is 15.8 Å². The third kappa shape index (κ3) is 4.58. The number of aryl methyl sites for hydroxylation is 1. The van der Waals surface area contributed by atoms with Crippen molar-refractivity contribution in [1.82, 2.24) is 15.4 Å². The molecule has 0 unspecified atom stereocenters. The maximum absolute atomic E-state index is 14.2. The van der Waals surface area contributed by atoms with Gasteiger partial charge in [0.15, 0.2) is 5.82 Å². The van der Waals surface area contributed by atoms with Gasteiger partial charge in [0, 0.05) is 19.2 Å². The molecule has 3 aromatic rings. The average Bonchev–Trinajstić information content (AvgIpc) is 3.68. The zero-order valence-corrected chi connectivity index (χ0v) is 23.1. The van der Waals surface area contributed by atoms with Crippen molar-refractivity contribution in [2.75, 3.05) is 19.0 Å². The zero-order chi connectivity index (χ0) is 28.8. The highest BCUT2D eigenvalue weighted by molar-refractivity contribution is 6.03. The predicted molar refractivity (Wildman–Crippen MR) is 149 cm³/mol. The summed E-state index contributed by atoms with van der Waals surface area (Å²) in [6.07, 6.45) is 4.12. The Morgan fingerprint density at radius 3 is 2.49 bits per heavy atom. The van der Waals surface area contributed by atoms with Crippen molar-refractivity contribution < 1.29 is 28.4 Å². The van der Waals surface area contributed by atoms with Gasteiger partial charge in [0.05, 0.1) is 24.5 Å². The normalized spacial score (nSPS) is 27.6. The van der Waals surface area contributed by atoms with Gasteiger partial charge in [-0.15, -0.1) is 0 Å². The number of anilines is 1. The van der Waals surface area contributed by atoms with E-state index < -0.39 is 35.0 Å². The summed E-state index contributed by atoms with van der Waals surface area (Å²) in [7, 11) is 1.61. The lowest BCUT2D eigenvalue weighted by atomic mass is 9.70. The topological polar surface area (TPSA) is 123 Å². The Morgan fingerprint density at radius 1 is 1.05 bits per heavy atom. The molecule has 0 saturated carbocycles. The summed E-state index contributed by atoms with van der Waals surface area (Å²) in [5.41, 5.74) is -0.430. The minimum atomic E-state index is -1.28. The second-order valence-corrected chi connectivity index (χ2v) is 11.0. The molecular formula is C31H32N4O6. The molecule has 212 valence electrons. The minimum Gasteiger partial charge on any atom is -0.497 e. The van der Waals surface area contributed by atoms with Crippen LogP contribution in [-0.2, 0) is 32.1 Å². The smallest absolute Gasteiger partial charge is 0.246 e. The van der Waals surface area contributed by atoms with Crippen LogP contribution in [0.25, 0.3) is 0 Å². The van der Waals surface area contributed by atoms with Crippen LogP contribution in [0.2, 0.25) is 0 Å². The van der Waals surface area contributed by atoms with Gasteiger partial charge in [-0.05, 0) is 43.5 Å². The molecule has 2 N–H and O–H groups in total. The van der Waals surface area contributed by atoms with Crippen molar-refractivity contribution in [2.45, 2.75) is 44.1 Å². The summed E-state index contributed by atoms with van der Waals surface area (Å²) in [6, 6.07) is 17.8. The second kappa shape index (κ2) is 10.2. The van der Waals surface area contributed by atoms with Crippen molar-refractivity contribution in [3.63, 3.8) is 0 Å². The first-order valence-corrected chi connectivity index (χ1v) is 13.6. The van der Waals surface area contributed by atoms with Gasteiger partial charge in [-0.25, -0.2) is 0 Å². The number of hydrogen-bond donors (Lipinski definition) is 2. The number of amides is 3. The van der Waals surface area contributed by atoms with Crippen LogP contribution in [0.4, 0.5) is 5.82 Å². The minimum absolute atomic E-state index is 0.260. The Morgan fingerprint density at radius 2 is 1.80 bits per heavy atom. The lowest BCUT2D eigenvalue weighted by Crippen LogP contribution is -2.55. The van der Waals surface area contributed by atoms with E-state index >= 15 is 0 Å². The fraction of sp³-hybridized carbons (Fsp3) is 0.355. The van der Waals surface area contributed by atoms with E-state index in [9.17, 15) is 14.4 Å².